The summed E-state index contributed by atoms with van der Waals surface area (Å²) >= 11 is 0. The highest BCUT2D eigenvalue weighted by Crippen LogP contribution is 2.38. The number of nitrogens with one attached hydrogen (secondary N) is 1. The van der Waals surface area contributed by atoms with Gasteiger partial charge >= 0.3 is 12.2 Å². The fourth-order valence-corrected chi connectivity index (χ4v) is 4.81. The van der Waals surface area contributed by atoms with Crippen LogP contribution in [0.2, 0.25) is 0 Å². The van der Waals surface area contributed by atoms with Gasteiger partial charge in [0.05, 0.1) is 36.1 Å². The number of hydrogen-bond donors (Lipinski definition) is 1. The minimum Gasteiger partial charge on any atom is -0.319 e. The van der Waals surface area contributed by atoms with E-state index in [9.17, 15) is 31.9 Å². The first-order chi connectivity index (χ1) is 18.9. The van der Waals surface area contributed by atoms with E-state index in [1.54, 1.807) is 19.3 Å². The molecule has 0 radical (unpaired) electrons. The number of anilines is 2. The molecule has 10 nitrogen and oxygen atoms in total. The van der Waals surface area contributed by atoms with E-state index in [4.69, 9.17) is 5.26 Å². The third-order valence-electron chi connectivity index (χ3n) is 6.91. The molecule has 0 bridgehead atoms. The molecule has 1 spiro atoms. The standard InChI is InChI=1S/C26H21F4N7O3/c1-34-12-19(10-32-34)33-24(40)35-14-25(15-35)23(39)36(20-7-4-17(9-31)21(27)8-20)13-22(38)37(25)11-16-2-5-18(6-3-16)26(28,29)30/h2-8,10,12H,11,13-15H2,1H3,(H,33,40). The van der Waals surface area contributed by atoms with Crippen molar-refractivity contribution in [3.8, 4) is 6.07 Å². The summed E-state index contributed by atoms with van der Waals surface area (Å²) in [6, 6.07) is 8.89. The fourth-order valence-electron chi connectivity index (χ4n) is 4.81. The van der Waals surface area contributed by atoms with E-state index in [2.05, 4.69) is 10.4 Å². The number of amides is 4. The summed E-state index contributed by atoms with van der Waals surface area (Å²) < 4.78 is 54.9. The van der Waals surface area contributed by atoms with Crippen LogP contribution >= 0.6 is 0 Å². The maximum absolute atomic E-state index is 14.4. The van der Waals surface area contributed by atoms with Crippen molar-refractivity contribution in [2.45, 2.75) is 18.3 Å². The van der Waals surface area contributed by atoms with Crippen LogP contribution in [-0.4, -0.2) is 62.6 Å². The van der Waals surface area contributed by atoms with Gasteiger partial charge in [0.25, 0.3) is 5.91 Å². The van der Waals surface area contributed by atoms with Gasteiger partial charge in [-0.2, -0.15) is 23.5 Å². The van der Waals surface area contributed by atoms with Crippen LogP contribution in [0, 0.1) is 17.1 Å². The monoisotopic (exact) mass is 555 g/mol. The van der Waals surface area contributed by atoms with Crippen molar-refractivity contribution in [3.05, 3.63) is 77.4 Å². The molecule has 4 amide bonds. The largest absolute Gasteiger partial charge is 0.416 e. The second-order valence-electron chi connectivity index (χ2n) is 9.56. The van der Waals surface area contributed by atoms with Crippen molar-refractivity contribution >= 4 is 29.2 Å². The van der Waals surface area contributed by atoms with Crippen LogP contribution in [0.5, 0.6) is 0 Å². The first-order valence-corrected chi connectivity index (χ1v) is 11.9. The molecule has 2 fully saturated rings. The number of alkyl halides is 3. The molecular weight excluding hydrogens is 534 g/mol. The van der Waals surface area contributed by atoms with Crippen LogP contribution < -0.4 is 10.2 Å². The number of halogens is 4. The van der Waals surface area contributed by atoms with Gasteiger partial charge in [0.2, 0.25) is 5.91 Å². The summed E-state index contributed by atoms with van der Waals surface area (Å²) in [7, 11) is 1.67. The first-order valence-electron chi connectivity index (χ1n) is 11.9. The van der Waals surface area contributed by atoms with Crippen molar-refractivity contribution in [2.24, 2.45) is 7.05 Å². The molecule has 40 heavy (non-hydrogen) atoms. The third kappa shape index (κ3) is 4.70. The van der Waals surface area contributed by atoms with Gasteiger partial charge in [-0.05, 0) is 35.9 Å². The lowest BCUT2D eigenvalue weighted by molar-refractivity contribution is -0.161. The molecule has 1 aromatic heterocycles. The fraction of sp³-hybridized carbons (Fsp3) is 0.269. The van der Waals surface area contributed by atoms with Crippen molar-refractivity contribution in [3.63, 3.8) is 0 Å². The van der Waals surface area contributed by atoms with Crippen LogP contribution in [0.3, 0.4) is 0 Å². The molecule has 3 aromatic rings. The summed E-state index contributed by atoms with van der Waals surface area (Å²) in [5.74, 6) is -2.00. The normalized spacial score (nSPS) is 16.6. The van der Waals surface area contributed by atoms with E-state index >= 15 is 0 Å². The highest BCUT2D eigenvalue weighted by molar-refractivity contribution is 6.11. The number of likely N-dealkylation sites (tertiary alicyclic amines) is 1. The molecule has 2 aromatic carbocycles. The maximum atomic E-state index is 14.4. The number of nitriles is 1. The summed E-state index contributed by atoms with van der Waals surface area (Å²) in [5, 5.41) is 15.6. The average Bonchev–Trinajstić information content (AvgIpc) is 3.29. The number of piperazine rings is 1. The van der Waals surface area contributed by atoms with Crippen LogP contribution in [0.1, 0.15) is 16.7 Å². The van der Waals surface area contributed by atoms with E-state index in [0.29, 0.717) is 11.3 Å². The van der Waals surface area contributed by atoms with Gasteiger partial charge < -0.3 is 20.0 Å². The Kier molecular flexibility index (Phi) is 6.45. The Morgan fingerprint density at radius 2 is 1.85 bits per heavy atom. The summed E-state index contributed by atoms with van der Waals surface area (Å²) in [6.07, 6.45) is -1.54. The number of urea groups is 1. The van der Waals surface area contributed by atoms with Gasteiger partial charge in [-0.3, -0.25) is 14.3 Å². The molecule has 14 heteroatoms. The highest BCUT2D eigenvalue weighted by atomic mass is 19.4. The summed E-state index contributed by atoms with van der Waals surface area (Å²) in [6.45, 7) is -1.07. The quantitative estimate of drug-likeness (QED) is 0.497. The smallest absolute Gasteiger partial charge is 0.319 e. The Morgan fingerprint density at radius 3 is 2.42 bits per heavy atom. The minimum absolute atomic E-state index is 0.0571. The zero-order valence-corrected chi connectivity index (χ0v) is 20.9. The molecule has 0 atom stereocenters. The van der Waals surface area contributed by atoms with Crippen LogP contribution in [0.15, 0.2) is 54.9 Å². The molecule has 206 valence electrons. The van der Waals surface area contributed by atoms with E-state index in [1.807, 2.05) is 0 Å². The SMILES string of the molecule is Cn1cc(NC(=O)N2CC3(C2)C(=O)N(c2ccc(C#N)c(F)c2)CC(=O)N3Cc2ccc(C(F)(F)F)cc2)cn1. The molecule has 3 heterocycles. The van der Waals surface area contributed by atoms with Gasteiger partial charge in [0.15, 0.2) is 5.54 Å². The zero-order chi connectivity index (χ0) is 28.8. The van der Waals surface area contributed by atoms with Crippen molar-refractivity contribution in [1.82, 2.24) is 19.6 Å². The Morgan fingerprint density at radius 1 is 1.15 bits per heavy atom. The number of benzene rings is 2. The Bertz CT molecular complexity index is 1540. The number of carbonyl (C=O) groups is 3. The number of aryl methyl sites for hydroxylation is 1. The van der Waals surface area contributed by atoms with E-state index in [-0.39, 0.29) is 30.9 Å². The Hall–Kier alpha value is -4.93. The number of hydrogen-bond acceptors (Lipinski definition) is 5. The van der Waals surface area contributed by atoms with Gasteiger partial charge in [-0.1, -0.05) is 12.1 Å². The lowest BCUT2D eigenvalue weighted by Crippen LogP contribution is -2.81. The van der Waals surface area contributed by atoms with E-state index in [0.717, 1.165) is 23.1 Å². The predicted molar refractivity (Wildman–Crippen MR) is 132 cm³/mol. The topological polar surface area (TPSA) is 115 Å². The van der Waals surface area contributed by atoms with Crippen LogP contribution in [-0.2, 0) is 29.4 Å². The summed E-state index contributed by atoms with van der Waals surface area (Å²) in [4.78, 5) is 43.8. The first kappa shape index (κ1) is 26.7. The molecule has 2 aliphatic rings. The number of nitrogens with zero attached hydrogens (tertiary/aromatic N) is 6. The second-order valence-corrected chi connectivity index (χ2v) is 9.56. The maximum Gasteiger partial charge on any atom is 0.416 e. The van der Waals surface area contributed by atoms with Crippen molar-refractivity contribution in [1.29, 1.82) is 5.26 Å². The second kappa shape index (κ2) is 9.67. The lowest BCUT2D eigenvalue weighted by atomic mass is 9.83. The molecule has 5 rings (SSSR count). The predicted octanol–water partition coefficient (Wildman–Crippen LogP) is 3.11. The van der Waals surface area contributed by atoms with Gasteiger partial charge in [-0.15, -0.1) is 0 Å². The number of rotatable bonds is 4. The molecule has 2 aliphatic heterocycles. The lowest BCUT2D eigenvalue weighted by Gasteiger charge is -2.57. The Labute approximate surface area is 225 Å². The number of carbonyl (C=O) groups excluding carboxylic acids is 3. The Balaban J connectivity index is 1.44. The third-order valence-corrected chi connectivity index (χ3v) is 6.91. The summed E-state index contributed by atoms with van der Waals surface area (Å²) in [5.41, 5.74) is -1.82. The molecule has 1 N–H and O–H groups in total. The highest BCUT2D eigenvalue weighted by Gasteiger charge is 2.61. The van der Waals surface area contributed by atoms with Gasteiger partial charge in [-0.25, -0.2) is 9.18 Å². The molecular formula is C26H21F4N7O3. The van der Waals surface area contributed by atoms with Gasteiger partial charge in [0.1, 0.15) is 18.4 Å². The molecule has 0 unspecified atom stereocenters. The minimum atomic E-state index is -4.54. The van der Waals surface area contributed by atoms with E-state index < -0.39 is 47.5 Å². The van der Waals surface area contributed by atoms with Gasteiger partial charge in [0, 0.05) is 25.5 Å². The van der Waals surface area contributed by atoms with Crippen LogP contribution in [0.4, 0.5) is 33.7 Å². The average molecular weight is 555 g/mol. The molecule has 2 saturated heterocycles. The van der Waals surface area contributed by atoms with Crippen LogP contribution in [0.25, 0.3) is 0 Å². The van der Waals surface area contributed by atoms with Crippen molar-refractivity contribution in [2.75, 3.05) is 29.9 Å². The zero-order valence-electron chi connectivity index (χ0n) is 20.9. The van der Waals surface area contributed by atoms with E-state index in [1.165, 1.54) is 44.9 Å². The molecule has 0 saturated carbocycles. The molecule has 0 aliphatic carbocycles. The van der Waals surface area contributed by atoms with Crippen molar-refractivity contribution < 1.29 is 31.9 Å². The number of aromatic nitrogens is 2.